The van der Waals surface area contributed by atoms with E-state index in [1.807, 2.05) is 6.07 Å². The van der Waals surface area contributed by atoms with E-state index in [2.05, 4.69) is 21.9 Å². The van der Waals surface area contributed by atoms with E-state index in [-0.39, 0.29) is 6.42 Å². The fourth-order valence-corrected chi connectivity index (χ4v) is 1.25. The van der Waals surface area contributed by atoms with Crippen LogP contribution in [0.5, 0.6) is 0 Å². The molecule has 0 aliphatic heterocycles. The van der Waals surface area contributed by atoms with Gasteiger partial charge in [0.15, 0.2) is 0 Å². The SMILES string of the molecule is [N-]=[N+]=NCCC#Cc1cccc(CC(=O)O)c1. The summed E-state index contributed by atoms with van der Waals surface area (Å²) in [4.78, 5) is 13.1. The van der Waals surface area contributed by atoms with Crippen LogP contribution in [0.1, 0.15) is 17.5 Å². The Morgan fingerprint density at radius 3 is 3.06 bits per heavy atom. The first-order valence-electron chi connectivity index (χ1n) is 5.03. The minimum absolute atomic E-state index is 0.00571. The number of hydrogen-bond acceptors (Lipinski definition) is 2. The number of aliphatic carboxylic acids is 1. The lowest BCUT2D eigenvalue weighted by atomic mass is 10.1. The Kier molecular flexibility index (Phi) is 5.15. The maximum atomic E-state index is 10.5. The van der Waals surface area contributed by atoms with Crippen LogP contribution in [0.3, 0.4) is 0 Å². The predicted octanol–water partition coefficient (Wildman–Crippen LogP) is 2.37. The van der Waals surface area contributed by atoms with Gasteiger partial charge < -0.3 is 5.11 Å². The molecule has 0 bridgehead atoms. The maximum absolute atomic E-state index is 10.5. The zero-order chi connectivity index (χ0) is 12.5. The van der Waals surface area contributed by atoms with Crippen LogP contribution < -0.4 is 0 Å². The maximum Gasteiger partial charge on any atom is 0.307 e. The first-order chi connectivity index (χ1) is 8.22. The summed E-state index contributed by atoms with van der Waals surface area (Å²) in [7, 11) is 0. The lowest BCUT2D eigenvalue weighted by Gasteiger charge is -1.97. The summed E-state index contributed by atoms with van der Waals surface area (Å²) in [5.41, 5.74) is 9.55. The third-order valence-electron chi connectivity index (χ3n) is 1.92. The largest absolute Gasteiger partial charge is 0.481 e. The van der Waals surface area contributed by atoms with Crippen molar-refractivity contribution >= 4 is 5.97 Å². The standard InChI is InChI=1S/C12H11N3O2/c13-15-14-7-2-1-4-10-5-3-6-11(8-10)9-12(16)17/h3,5-6,8H,2,7,9H2,(H,16,17). The molecule has 0 spiro atoms. The number of nitrogens with zero attached hydrogens (tertiary/aromatic N) is 3. The molecule has 1 aromatic rings. The van der Waals surface area contributed by atoms with Crippen LogP contribution in [0.25, 0.3) is 10.4 Å². The second kappa shape index (κ2) is 6.94. The van der Waals surface area contributed by atoms with Crippen molar-refractivity contribution in [3.63, 3.8) is 0 Å². The highest BCUT2D eigenvalue weighted by Crippen LogP contribution is 2.05. The van der Waals surface area contributed by atoms with Gasteiger partial charge >= 0.3 is 5.97 Å². The van der Waals surface area contributed by atoms with Crippen LogP contribution in [-0.4, -0.2) is 17.6 Å². The highest BCUT2D eigenvalue weighted by molar-refractivity contribution is 5.70. The summed E-state index contributed by atoms with van der Waals surface area (Å²) < 4.78 is 0. The molecule has 0 radical (unpaired) electrons. The van der Waals surface area contributed by atoms with Crippen LogP contribution in [0.2, 0.25) is 0 Å². The van der Waals surface area contributed by atoms with Crippen LogP contribution in [0, 0.1) is 11.8 Å². The van der Waals surface area contributed by atoms with Gasteiger partial charge in [-0.25, -0.2) is 0 Å². The number of rotatable bonds is 4. The average molecular weight is 229 g/mol. The molecule has 0 aromatic heterocycles. The fourth-order valence-electron chi connectivity index (χ4n) is 1.25. The van der Waals surface area contributed by atoms with Gasteiger partial charge in [0.25, 0.3) is 0 Å². The lowest BCUT2D eigenvalue weighted by Crippen LogP contribution is -1.99. The van der Waals surface area contributed by atoms with Gasteiger partial charge in [0, 0.05) is 23.4 Å². The van der Waals surface area contributed by atoms with Gasteiger partial charge in [-0.3, -0.25) is 4.79 Å². The number of benzene rings is 1. The minimum Gasteiger partial charge on any atom is -0.481 e. The number of carboxylic acids is 1. The van der Waals surface area contributed by atoms with Crippen LogP contribution in [-0.2, 0) is 11.2 Å². The molecule has 0 amide bonds. The molecule has 0 aliphatic carbocycles. The Morgan fingerprint density at radius 1 is 1.53 bits per heavy atom. The van der Waals surface area contributed by atoms with Gasteiger partial charge in [-0.05, 0) is 23.2 Å². The molecule has 17 heavy (non-hydrogen) atoms. The van der Waals surface area contributed by atoms with Gasteiger partial charge in [-0.2, -0.15) is 0 Å². The second-order valence-electron chi connectivity index (χ2n) is 3.28. The minimum atomic E-state index is -0.863. The highest BCUT2D eigenvalue weighted by atomic mass is 16.4. The number of carboxylic acid groups (broad SMARTS) is 1. The van der Waals surface area contributed by atoms with Gasteiger partial charge in [-0.15, -0.1) is 0 Å². The van der Waals surface area contributed by atoms with Crippen LogP contribution in [0.15, 0.2) is 29.4 Å². The molecule has 0 atom stereocenters. The summed E-state index contributed by atoms with van der Waals surface area (Å²) in [5, 5.41) is 12.0. The van der Waals surface area contributed by atoms with Gasteiger partial charge in [0.2, 0.25) is 0 Å². The topological polar surface area (TPSA) is 86.1 Å². The number of azide groups is 1. The molecule has 0 saturated heterocycles. The zero-order valence-electron chi connectivity index (χ0n) is 9.13. The van der Waals surface area contributed by atoms with Crippen molar-refractivity contribution in [3.8, 4) is 11.8 Å². The summed E-state index contributed by atoms with van der Waals surface area (Å²) in [6.07, 6.45) is 0.488. The Bertz CT molecular complexity index is 508. The molecule has 86 valence electrons. The smallest absolute Gasteiger partial charge is 0.307 e. The Labute approximate surface area is 98.7 Å². The van der Waals surface area contributed by atoms with Gasteiger partial charge in [0.1, 0.15) is 0 Å². The van der Waals surface area contributed by atoms with Crippen molar-refractivity contribution in [3.05, 3.63) is 45.8 Å². The van der Waals surface area contributed by atoms with E-state index in [0.717, 1.165) is 11.1 Å². The van der Waals surface area contributed by atoms with Crippen molar-refractivity contribution < 1.29 is 9.90 Å². The molecule has 1 rings (SSSR count). The van der Waals surface area contributed by atoms with E-state index in [1.165, 1.54) is 0 Å². The Hall–Kier alpha value is -2.44. The average Bonchev–Trinajstić information content (AvgIpc) is 2.28. The van der Waals surface area contributed by atoms with E-state index < -0.39 is 5.97 Å². The van der Waals surface area contributed by atoms with E-state index in [4.69, 9.17) is 10.6 Å². The molecule has 0 saturated carbocycles. The van der Waals surface area contributed by atoms with E-state index in [1.54, 1.807) is 18.2 Å². The first kappa shape index (κ1) is 12.6. The summed E-state index contributed by atoms with van der Waals surface area (Å²) in [5.74, 6) is 4.88. The van der Waals surface area contributed by atoms with E-state index in [9.17, 15) is 4.79 Å². The summed E-state index contributed by atoms with van der Waals surface area (Å²) in [6, 6.07) is 7.08. The number of hydrogen-bond donors (Lipinski definition) is 1. The monoisotopic (exact) mass is 229 g/mol. The second-order valence-corrected chi connectivity index (χ2v) is 3.28. The normalized spacial score (nSPS) is 8.71. The van der Waals surface area contributed by atoms with Crippen molar-refractivity contribution in [2.45, 2.75) is 12.8 Å². The van der Waals surface area contributed by atoms with Crippen LogP contribution in [0.4, 0.5) is 0 Å². The Morgan fingerprint density at radius 2 is 2.35 bits per heavy atom. The molecular formula is C12H11N3O2. The molecule has 1 aromatic carbocycles. The lowest BCUT2D eigenvalue weighted by molar-refractivity contribution is -0.136. The van der Waals surface area contributed by atoms with E-state index in [0.29, 0.717) is 13.0 Å². The third kappa shape index (κ3) is 5.26. The fraction of sp³-hybridized carbons (Fsp3) is 0.250. The van der Waals surface area contributed by atoms with Crippen molar-refractivity contribution in [2.24, 2.45) is 5.11 Å². The van der Waals surface area contributed by atoms with Gasteiger partial charge in [-0.1, -0.05) is 29.1 Å². The molecule has 0 fully saturated rings. The molecule has 0 aliphatic rings. The molecule has 5 heteroatoms. The van der Waals surface area contributed by atoms with Gasteiger partial charge in [0.05, 0.1) is 6.42 Å². The molecular weight excluding hydrogens is 218 g/mol. The molecule has 5 nitrogen and oxygen atoms in total. The summed E-state index contributed by atoms with van der Waals surface area (Å²) >= 11 is 0. The van der Waals surface area contributed by atoms with Crippen molar-refractivity contribution in [1.82, 2.24) is 0 Å². The van der Waals surface area contributed by atoms with Crippen LogP contribution >= 0.6 is 0 Å². The predicted molar refractivity (Wildman–Crippen MR) is 63.3 cm³/mol. The molecule has 1 N–H and O–H groups in total. The third-order valence-corrected chi connectivity index (χ3v) is 1.92. The quantitative estimate of drug-likeness (QED) is 0.282. The Balaban J connectivity index is 2.64. The van der Waals surface area contributed by atoms with Crippen molar-refractivity contribution in [1.29, 1.82) is 0 Å². The zero-order valence-corrected chi connectivity index (χ0v) is 9.13. The molecule has 0 heterocycles. The van der Waals surface area contributed by atoms with Crippen molar-refractivity contribution in [2.75, 3.05) is 6.54 Å². The van der Waals surface area contributed by atoms with E-state index >= 15 is 0 Å². The summed E-state index contributed by atoms with van der Waals surface area (Å²) in [6.45, 7) is 0.346. The highest BCUT2D eigenvalue weighted by Gasteiger charge is 1.99. The first-order valence-corrected chi connectivity index (χ1v) is 5.03. The molecule has 0 unspecified atom stereocenters. The number of carbonyl (C=O) groups is 1.